The Morgan fingerprint density at radius 1 is 0.549 bits per heavy atom. The van der Waals surface area contributed by atoms with Gasteiger partial charge >= 0.3 is 0 Å². The van der Waals surface area contributed by atoms with Crippen LogP contribution in [0.2, 0.25) is 0 Å². The maximum Gasteiger partial charge on any atom is 0.225 e. The molecular formula is C65H65N4OPt-. The summed E-state index contributed by atoms with van der Waals surface area (Å²) in [6.07, 6.45) is 1.92. The Hall–Kier alpha value is -6.10. The Labute approximate surface area is 436 Å². The molecule has 0 aliphatic carbocycles. The van der Waals surface area contributed by atoms with Crippen LogP contribution in [0.25, 0.3) is 49.9 Å². The molecular weight excluding hydrogens is 1050 g/mol. The molecule has 71 heavy (non-hydrogen) atoms. The molecule has 0 amide bonds. The minimum absolute atomic E-state index is 0. The van der Waals surface area contributed by atoms with E-state index in [0.29, 0.717) is 38.4 Å². The third-order valence-corrected chi connectivity index (χ3v) is 14.9. The number of hydrogen-bond acceptors (Lipinski definition) is 2. The van der Waals surface area contributed by atoms with Gasteiger partial charge in [-0.15, -0.1) is 29.1 Å². The number of aromatic nitrogens is 2. The van der Waals surface area contributed by atoms with Crippen molar-refractivity contribution in [2.45, 2.75) is 112 Å². The number of pyridine rings is 1. The zero-order valence-corrected chi connectivity index (χ0v) is 45.5. The maximum atomic E-state index is 7.03. The summed E-state index contributed by atoms with van der Waals surface area (Å²) >= 11 is 0. The molecule has 2 aromatic heterocycles. The fourth-order valence-corrected chi connectivity index (χ4v) is 11.0. The topological polar surface area (TPSA) is 27.1 Å². The van der Waals surface area contributed by atoms with E-state index in [1.165, 1.54) is 56.0 Å². The summed E-state index contributed by atoms with van der Waals surface area (Å²) in [7, 11) is 0. The minimum Gasteiger partial charge on any atom is -0.509 e. The molecule has 6 heteroatoms. The van der Waals surface area contributed by atoms with Crippen molar-refractivity contribution in [1.29, 1.82) is 0 Å². The number of nitrogens with zero attached hydrogens (tertiary/aromatic N) is 4. The van der Waals surface area contributed by atoms with Gasteiger partial charge in [-0.2, -0.15) is 10.7 Å². The van der Waals surface area contributed by atoms with Gasteiger partial charge in [-0.3, -0.25) is 0 Å². The Morgan fingerprint density at radius 2 is 1.23 bits per heavy atom. The van der Waals surface area contributed by atoms with Gasteiger partial charge in [0.15, 0.2) is 12.4 Å². The zero-order valence-electron chi connectivity index (χ0n) is 43.3. The van der Waals surface area contributed by atoms with Gasteiger partial charge in [-0.05, 0) is 96.7 Å². The quantitative estimate of drug-likeness (QED) is 0.0775. The van der Waals surface area contributed by atoms with Crippen molar-refractivity contribution in [1.82, 2.24) is 18.7 Å². The van der Waals surface area contributed by atoms with E-state index in [1.54, 1.807) is 0 Å². The van der Waals surface area contributed by atoms with Crippen molar-refractivity contribution in [3.05, 3.63) is 198 Å². The first kappa shape index (κ1) is 48.5. The SMILES string of the molecule is CC(C)c1cc(C(C)C)c(-c2cccc([N@+]34[CH-][N+]3(c3[c-]c(Oc5[c-]c6c(cc5)c5ccccc5n6-c5cc(C(C)(C)C)ccn5)cc(-c5ccccc5)c3)c3ccc(C(C)(C)C)cc34)c2)c(C(C)C)c1.[Pt]. The number of ether oxygens (including phenoxy) is 1. The average molecular weight is 1110 g/mol. The number of para-hydroxylation sites is 1. The van der Waals surface area contributed by atoms with Crippen LogP contribution in [0.3, 0.4) is 0 Å². The molecule has 0 bridgehead atoms. The van der Waals surface area contributed by atoms with E-state index in [-0.39, 0.29) is 31.9 Å². The average Bonchev–Trinajstić information content (AvgIpc) is 3.83. The van der Waals surface area contributed by atoms with Gasteiger partial charge in [0.2, 0.25) is 11.4 Å². The summed E-state index contributed by atoms with van der Waals surface area (Å²) in [5, 5.41) is 2.24. The summed E-state index contributed by atoms with van der Waals surface area (Å²) < 4.78 is 10.3. The van der Waals surface area contributed by atoms with Gasteiger partial charge < -0.3 is 9.30 Å². The van der Waals surface area contributed by atoms with E-state index in [9.17, 15) is 0 Å². The maximum absolute atomic E-state index is 7.03. The van der Waals surface area contributed by atoms with E-state index in [2.05, 4.69) is 246 Å². The van der Waals surface area contributed by atoms with Crippen LogP contribution < -0.4 is 13.9 Å². The molecule has 1 fully saturated rings. The molecule has 7 aromatic carbocycles. The fourth-order valence-electron chi connectivity index (χ4n) is 11.0. The van der Waals surface area contributed by atoms with Gasteiger partial charge in [-0.1, -0.05) is 180 Å². The Morgan fingerprint density at radius 3 is 1.92 bits per heavy atom. The van der Waals surface area contributed by atoms with Gasteiger partial charge in [0.25, 0.3) is 0 Å². The van der Waals surface area contributed by atoms with Crippen molar-refractivity contribution < 1.29 is 25.8 Å². The molecule has 1 saturated heterocycles. The largest absolute Gasteiger partial charge is 0.509 e. The molecule has 5 nitrogen and oxygen atoms in total. The van der Waals surface area contributed by atoms with Crippen LogP contribution in [-0.2, 0) is 31.9 Å². The summed E-state index contributed by atoms with van der Waals surface area (Å²) in [6.45, 7) is 30.1. The molecule has 1 unspecified atom stereocenters. The van der Waals surface area contributed by atoms with Crippen molar-refractivity contribution >= 4 is 44.6 Å². The molecule has 2 aliphatic heterocycles. The first-order valence-corrected chi connectivity index (χ1v) is 25.2. The van der Waals surface area contributed by atoms with Crippen LogP contribution in [0.15, 0.2) is 152 Å². The van der Waals surface area contributed by atoms with Crippen LogP contribution in [0.1, 0.15) is 129 Å². The van der Waals surface area contributed by atoms with E-state index in [4.69, 9.17) is 9.72 Å². The zero-order chi connectivity index (χ0) is 49.1. The smallest absolute Gasteiger partial charge is 0.225 e. The second-order valence-electron chi connectivity index (χ2n) is 22.7. The van der Waals surface area contributed by atoms with Crippen LogP contribution in [0, 0.1) is 18.8 Å². The molecule has 9 aromatic rings. The summed E-state index contributed by atoms with van der Waals surface area (Å²) in [4.78, 5) is 4.93. The van der Waals surface area contributed by atoms with E-state index >= 15 is 0 Å². The minimum atomic E-state index is -0.0358. The van der Waals surface area contributed by atoms with Crippen LogP contribution in [0.5, 0.6) is 11.5 Å². The second-order valence-corrected chi connectivity index (χ2v) is 22.7. The monoisotopic (exact) mass is 1110 g/mol. The number of fused-ring (bicyclic) bond motifs is 7. The van der Waals surface area contributed by atoms with Crippen molar-refractivity contribution in [2.75, 3.05) is 0 Å². The predicted octanol–water partition coefficient (Wildman–Crippen LogP) is 18.2. The Bertz CT molecular complexity index is 3490. The molecule has 0 radical (unpaired) electrons. The standard InChI is InChI=1S/C65H65N4O.Pt/c1-41(2)46-34-56(42(3)4)63(57(35-46)43(5)6)45-21-18-22-50(31-45)68-40-69(68,60-28-25-48(36-61(60)68)64(7,8)9)51-32-47(44-19-14-13-15-20-44)33-53(38-51)70-52-26-27-55-54-23-16-17-24-58(54)67(59(55)39-52)62-37-49(29-30-66-62)65(10,11)12;/h13-37,40-43H,1-12H3;/q-1;/t68-,69?;/m0./s1. The summed E-state index contributed by atoms with van der Waals surface area (Å²) in [5.74, 6) is 3.30. The fraction of sp³-hybridized carbons (Fsp3) is 0.262. The predicted molar refractivity (Wildman–Crippen MR) is 293 cm³/mol. The third kappa shape index (κ3) is 7.91. The van der Waals surface area contributed by atoms with Gasteiger partial charge in [0.05, 0.1) is 5.69 Å². The Kier molecular flexibility index (Phi) is 12.0. The van der Waals surface area contributed by atoms with E-state index < -0.39 is 0 Å². The summed E-state index contributed by atoms with van der Waals surface area (Å²) in [6, 6.07) is 61.2. The molecule has 2 atom stereocenters. The van der Waals surface area contributed by atoms with Crippen molar-refractivity contribution in [3.8, 4) is 39.6 Å². The van der Waals surface area contributed by atoms with Crippen LogP contribution >= 0.6 is 0 Å². The molecule has 4 heterocycles. The molecule has 0 saturated carbocycles. The number of benzene rings is 7. The molecule has 362 valence electrons. The number of quaternary nitrogens is 2. The van der Waals surface area contributed by atoms with E-state index in [0.717, 1.165) is 44.4 Å². The number of hydrogen-bond donors (Lipinski definition) is 0. The van der Waals surface area contributed by atoms with E-state index in [1.807, 2.05) is 12.3 Å². The molecule has 11 rings (SSSR count). The van der Waals surface area contributed by atoms with Gasteiger partial charge in [0, 0.05) is 68.5 Å². The first-order chi connectivity index (χ1) is 33.4. The number of rotatable bonds is 10. The summed E-state index contributed by atoms with van der Waals surface area (Å²) in [5.41, 5.74) is 18.3. The molecule has 0 N–H and O–H groups in total. The van der Waals surface area contributed by atoms with Crippen LogP contribution in [-0.4, -0.2) is 9.55 Å². The van der Waals surface area contributed by atoms with Crippen molar-refractivity contribution in [3.63, 3.8) is 0 Å². The normalized spacial score (nSPS) is 17.3. The van der Waals surface area contributed by atoms with Gasteiger partial charge in [0.1, 0.15) is 5.82 Å². The first-order valence-electron chi connectivity index (χ1n) is 25.2. The third-order valence-electron chi connectivity index (χ3n) is 14.9. The van der Waals surface area contributed by atoms with Crippen molar-refractivity contribution in [2.24, 2.45) is 0 Å². The van der Waals surface area contributed by atoms with Crippen LogP contribution in [0.4, 0.5) is 22.7 Å². The van der Waals surface area contributed by atoms with Gasteiger partial charge in [-0.25, -0.2) is 9.58 Å². The molecule has 0 spiro atoms. The molecule has 2 aliphatic rings. The Balaban J connectivity index is 0.00000582. The second kappa shape index (κ2) is 17.6.